The van der Waals surface area contributed by atoms with E-state index in [1.807, 2.05) is 0 Å². The molecular weight excluding hydrogens is 329 g/mol. The molecule has 1 aromatic carbocycles. The fraction of sp³-hybridized carbons (Fsp3) is 0.412. The molecule has 3 rings (SSSR count). The molecule has 0 radical (unpaired) electrons. The molecule has 0 spiro atoms. The molecule has 1 N–H and O–H groups in total. The van der Waals surface area contributed by atoms with Gasteiger partial charge in [0.05, 0.1) is 13.2 Å². The van der Waals surface area contributed by atoms with Crippen molar-refractivity contribution in [3.63, 3.8) is 0 Å². The maximum absolute atomic E-state index is 12.9. The Morgan fingerprint density at radius 2 is 2.04 bits per heavy atom. The largest absolute Gasteiger partial charge is 0.366 e. The number of benzene rings is 1. The lowest BCUT2D eigenvalue weighted by molar-refractivity contribution is -0.148. The van der Waals surface area contributed by atoms with Crippen LogP contribution in [-0.2, 0) is 25.7 Å². The zero-order chi connectivity index (χ0) is 18.2. The maximum atomic E-state index is 12.9. The quantitative estimate of drug-likeness (QED) is 0.634. The van der Waals surface area contributed by atoms with Crippen molar-refractivity contribution < 1.29 is 23.5 Å². The van der Waals surface area contributed by atoms with Crippen LogP contribution in [0, 0.1) is 5.82 Å². The lowest BCUT2D eigenvalue weighted by Crippen LogP contribution is -2.62. The van der Waals surface area contributed by atoms with Crippen molar-refractivity contribution in [2.45, 2.75) is 32.0 Å². The van der Waals surface area contributed by atoms with E-state index in [1.54, 1.807) is 13.8 Å². The molecule has 0 aliphatic carbocycles. The second-order valence-electron chi connectivity index (χ2n) is 6.38. The van der Waals surface area contributed by atoms with Gasteiger partial charge in [-0.1, -0.05) is 12.1 Å². The van der Waals surface area contributed by atoms with Crippen LogP contribution in [0.2, 0.25) is 0 Å². The third kappa shape index (κ3) is 3.30. The molecule has 0 saturated carbocycles. The van der Waals surface area contributed by atoms with E-state index in [9.17, 15) is 18.8 Å². The highest BCUT2D eigenvalue weighted by atomic mass is 19.1. The Hall–Kier alpha value is -2.61. The van der Waals surface area contributed by atoms with Gasteiger partial charge < -0.3 is 10.1 Å². The van der Waals surface area contributed by atoms with Crippen molar-refractivity contribution in [1.29, 1.82) is 0 Å². The minimum Gasteiger partial charge on any atom is -0.366 e. The van der Waals surface area contributed by atoms with Gasteiger partial charge in [-0.2, -0.15) is 0 Å². The summed E-state index contributed by atoms with van der Waals surface area (Å²) in [5, 5.41) is 2.56. The molecule has 8 heteroatoms. The summed E-state index contributed by atoms with van der Waals surface area (Å²) in [6, 6.07) is 4.16. The Balaban J connectivity index is 1.78. The third-order valence-electron chi connectivity index (χ3n) is 4.16. The van der Waals surface area contributed by atoms with Gasteiger partial charge in [0.25, 0.3) is 17.6 Å². The number of nitrogens with zero attached hydrogens (tertiary/aromatic N) is 2. The molecule has 2 aliphatic rings. The number of aliphatic imine (C=N–C) groups is 1. The number of fused-ring (bicyclic) bond motifs is 1. The number of rotatable bonds is 3. The molecule has 1 atom stereocenters. The molecule has 0 bridgehead atoms. The fourth-order valence-corrected chi connectivity index (χ4v) is 2.81. The van der Waals surface area contributed by atoms with Crippen LogP contribution in [0.4, 0.5) is 4.39 Å². The number of hydrogen-bond donors (Lipinski definition) is 1. The van der Waals surface area contributed by atoms with Gasteiger partial charge in [0.1, 0.15) is 17.3 Å². The molecule has 0 aromatic heterocycles. The number of nitrogens with one attached hydrogen (secondary N) is 1. The van der Waals surface area contributed by atoms with Gasteiger partial charge in [-0.05, 0) is 31.5 Å². The van der Waals surface area contributed by atoms with Crippen LogP contribution in [0.1, 0.15) is 19.4 Å². The molecule has 7 nitrogen and oxygen atoms in total. The van der Waals surface area contributed by atoms with Crippen molar-refractivity contribution in [1.82, 2.24) is 10.2 Å². The zero-order valence-corrected chi connectivity index (χ0v) is 13.9. The maximum Gasteiger partial charge on any atom is 0.298 e. The van der Waals surface area contributed by atoms with Gasteiger partial charge in [0.15, 0.2) is 6.04 Å². The summed E-state index contributed by atoms with van der Waals surface area (Å²) >= 11 is 0. The first-order chi connectivity index (χ1) is 11.8. The first-order valence-electron chi connectivity index (χ1n) is 7.90. The smallest absolute Gasteiger partial charge is 0.298 e. The summed E-state index contributed by atoms with van der Waals surface area (Å²) in [5.41, 5.74) is -0.190. The standard InChI is InChI=1S/C17H18FN3O4/c1-17(2)16-20-12(13(22)15(24)21(16)7-8-25-17)14(23)19-9-10-3-5-11(18)6-4-10/h3-6,12H,7-9H2,1-2H3,(H,19,23). The van der Waals surface area contributed by atoms with Crippen LogP contribution in [-0.4, -0.2) is 53.1 Å². The number of ether oxygens (including phenoxy) is 1. The molecule has 132 valence electrons. The number of amidine groups is 1. The summed E-state index contributed by atoms with van der Waals surface area (Å²) in [7, 11) is 0. The summed E-state index contributed by atoms with van der Waals surface area (Å²) in [6.07, 6.45) is 0. The Morgan fingerprint density at radius 1 is 1.36 bits per heavy atom. The molecule has 2 heterocycles. The number of carbonyl (C=O) groups excluding carboxylic acids is 3. The predicted molar refractivity (Wildman–Crippen MR) is 86.2 cm³/mol. The lowest BCUT2D eigenvalue weighted by Gasteiger charge is -2.41. The predicted octanol–water partition coefficient (Wildman–Crippen LogP) is 0.429. The zero-order valence-electron chi connectivity index (χ0n) is 13.9. The van der Waals surface area contributed by atoms with Gasteiger partial charge in [-0.25, -0.2) is 9.38 Å². The molecule has 1 saturated heterocycles. The minimum absolute atomic E-state index is 0.103. The van der Waals surface area contributed by atoms with E-state index < -0.39 is 29.2 Å². The van der Waals surface area contributed by atoms with Crippen molar-refractivity contribution in [2.75, 3.05) is 13.2 Å². The number of halogens is 1. The first kappa shape index (κ1) is 17.2. The number of morpholine rings is 1. The molecule has 1 unspecified atom stereocenters. The van der Waals surface area contributed by atoms with E-state index in [1.165, 1.54) is 29.2 Å². The number of Topliss-reactive ketones (excluding diaryl/α,β-unsaturated/α-hetero) is 1. The summed E-state index contributed by atoms with van der Waals surface area (Å²) < 4.78 is 18.5. The van der Waals surface area contributed by atoms with Crippen LogP contribution in [0.25, 0.3) is 0 Å². The van der Waals surface area contributed by atoms with Crippen molar-refractivity contribution in [3.05, 3.63) is 35.6 Å². The van der Waals surface area contributed by atoms with Crippen LogP contribution in [0.15, 0.2) is 29.3 Å². The van der Waals surface area contributed by atoms with E-state index >= 15 is 0 Å². The average Bonchev–Trinajstić information content (AvgIpc) is 2.57. The Bertz CT molecular complexity index is 758. The van der Waals surface area contributed by atoms with Gasteiger partial charge >= 0.3 is 0 Å². The van der Waals surface area contributed by atoms with E-state index in [4.69, 9.17) is 4.74 Å². The van der Waals surface area contributed by atoms with Crippen LogP contribution >= 0.6 is 0 Å². The van der Waals surface area contributed by atoms with Crippen molar-refractivity contribution in [2.24, 2.45) is 4.99 Å². The van der Waals surface area contributed by atoms with E-state index in [2.05, 4.69) is 10.3 Å². The minimum atomic E-state index is -1.43. The Labute approximate surface area is 143 Å². The summed E-state index contributed by atoms with van der Waals surface area (Å²) in [5.74, 6) is -2.38. The normalized spacial score (nSPS) is 22.3. The monoisotopic (exact) mass is 347 g/mol. The topological polar surface area (TPSA) is 88.1 Å². The highest BCUT2D eigenvalue weighted by molar-refractivity contribution is 6.46. The SMILES string of the molecule is CC1(C)OCCN2C(=O)C(=O)C(C(=O)NCc3ccc(F)cc3)N=C21. The molecule has 1 aromatic rings. The third-order valence-corrected chi connectivity index (χ3v) is 4.16. The first-order valence-corrected chi connectivity index (χ1v) is 7.90. The van der Waals surface area contributed by atoms with Crippen LogP contribution in [0.3, 0.4) is 0 Å². The fourth-order valence-electron chi connectivity index (χ4n) is 2.81. The highest BCUT2D eigenvalue weighted by Crippen LogP contribution is 2.24. The van der Waals surface area contributed by atoms with Gasteiger partial charge in [-0.3, -0.25) is 19.3 Å². The van der Waals surface area contributed by atoms with E-state index in [0.29, 0.717) is 12.2 Å². The second kappa shape index (κ2) is 6.36. The van der Waals surface area contributed by atoms with E-state index in [-0.39, 0.29) is 24.7 Å². The molecule has 25 heavy (non-hydrogen) atoms. The number of carbonyl (C=O) groups is 3. The Kier molecular flexibility index (Phi) is 4.38. The average molecular weight is 347 g/mol. The summed E-state index contributed by atoms with van der Waals surface area (Å²) in [4.78, 5) is 42.3. The van der Waals surface area contributed by atoms with Crippen LogP contribution < -0.4 is 5.32 Å². The molecular formula is C17H18FN3O4. The highest BCUT2D eigenvalue weighted by Gasteiger charge is 2.47. The Morgan fingerprint density at radius 3 is 2.72 bits per heavy atom. The molecule has 2 aliphatic heterocycles. The number of hydrogen-bond acceptors (Lipinski definition) is 5. The van der Waals surface area contributed by atoms with Gasteiger partial charge in [0, 0.05) is 6.54 Å². The van der Waals surface area contributed by atoms with Gasteiger partial charge in [-0.15, -0.1) is 0 Å². The van der Waals surface area contributed by atoms with E-state index in [0.717, 1.165) is 0 Å². The van der Waals surface area contributed by atoms with Crippen molar-refractivity contribution in [3.8, 4) is 0 Å². The molecule has 1 fully saturated rings. The second-order valence-corrected chi connectivity index (χ2v) is 6.38. The molecule has 2 amide bonds. The number of amides is 2. The van der Waals surface area contributed by atoms with Crippen molar-refractivity contribution >= 4 is 23.4 Å². The number of ketones is 1. The lowest BCUT2D eigenvalue weighted by atomic mass is 9.99. The summed E-state index contributed by atoms with van der Waals surface area (Å²) in [6.45, 7) is 4.10. The van der Waals surface area contributed by atoms with Crippen LogP contribution in [0.5, 0.6) is 0 Å². The van der Waals surface area contributed by atoms with Gasteiger partial charge in [0.2, 0.25) is 0 Å².